The number of fused-ring (bicyclic) bond motifs is 1. The zero-order valence-electron chi connectivity index (χ0n) is 17.9. The molecule has 0 heterocycles. The molecule has 4 aromatic rings. The van der Waals surface area contributed by atoms with Gasteiger partial charge in [0.2, 0.25) is 0 Å². The van der Waals surface area contributed by atoms with E-state index >= 15 is 0 Å². The van der Waals surface area contributed by atoms with Crippen LogP contribution < -0.4 is 5.73 Å². The lowest BCUT2D eigenvalue weighted by atomic mass is 9.86. The molecule has 0 fully saturated rings. The Bertz CT molecular complexity index is 1080. The van der Waals surface area contributed by atoms with Crippen LogP contribution in [0.5, 0.6) is 0 Å². The van der Waals surface area contributed by atoms with Crippen molar-refractivity contribution in [3.63, 3.8) is 0 Å². The molecular formula is C29H31N. The van der Waals surface area contributed by atoms with E-state index in [-0.39, 0.29) is 0 Å². The van der Waals surface area contributed by atoms with Gasteiger partial charge in [-0.2, -0.15) is 0 Å². The van der Waals surface area contributed by atoms with Crippen molar-refractivity contribution in [3.8, 4) is 11.1 Å². The fourth-order valence-electron chi connectivity index (χ4n) is 4.27. The molecule has 0 bridgehead atoms. The van der Waals surface area contributed by atoms with Gasteiger partial charge in [-0.15, -0.1) is 0 Å². The molecule has 0 aromatic heterocycles. The van der Waals surface area contributed by atoms with Crippen LogP contribution in [0, 0.1) is 0 Å². The predicted molar refractivity (Wildman–Crippen MR) is 130 cm³/mol. The standard InChI is InChI=1S/C29H31N/c1-2-3-6-28(19-23-11-14-24-7-4-5-8-29(24)20-23)27-17-15-26(16-18-27)25-12-9-22(21-30)10-13-25/h4-5,7-18,20,28H,2-3,6,19,21,30H2,1H3. The molecule has 0 spiro atoms. The zero-order valence-corrected chi connectivity index (χ0v) is 17.9. The third-order valence-corrected chi connectivity index (χ3v) is 6.11. The van der Waals surface area contributed by atoms with E-state index in [9.17, 15) is 0 Å². The lowest BCUT2D eigenvalue weighted by Crippen LogP contribution is -2.03. The van der Waals surface area contributed by atoms with Gasteiger partial charge in [0.1, 0.15) is 0 Å². The predicted octanol–water partition coefficient (Wildman–Crippen LogP) is 7.48. The molecule has 1 heteroatoms. The Balaban J connectivity index is 1.56. The van der Waals surface area contributed by atoms with Gasteiger partial charge in [0.25, 0.3) is 0 Å². The largest absolute Gasteiger partial charge is 0.326 e. The van der Waals surface area contributed by atoms with Crippen LogP contribution in [0.4, 0.5) is 0 Å². The Kier molecular flexibility index (Phi) is 6.61. The summed E-state index contributed by atoms with van der Waals surface area (Å²) in [6.45, 7) is 2.87. The Hall–Kier alpha value is -2.90. The molecule has 0 aliphatic heterocycles. The molecule has 0 amide bonds. The van der Waals surface area contributed by atoms with Crippen LogP contribution in [0.2, 0.25) is 0 Å². The quantitative estimate of drug-likeness (QED) is 0.330. The first kappa shape index (κ1) is 20.4. The smallest absolute Gasteiger partial charge is 0.0178 e. The summed E-state index contributed by atoms with van der Waals surface area (Å²) < 4.78 is 0. The van der Waals surface area contributed by atoms with Gasteiger partial charge < -0.3 is 5.73 Å². The van der Waals surface area contributed by atoms with E-state index in [0.717, 1.165) is 6.42 Å². The van der Waals surface area contributed by atoms with Crippen LogP contribution in [0.15, 0.2) is 91.0 Å². The van der Waals surface area contributed by atoms with Gasteiger partial charge in [-0.3, -0.25) is 0 Å². The lowest BCUT2D eigenvalue weighted by molar-refractivity contribution is 0.582. The summed E-state index contributed by atoms with van der Waals surface area (Å²) in [5.41, 5.74) is 12.3. The molecule has 1 atom stereocenters. The average molecular weight is 394 g/mol. The lowest BCUT2D eigenvalue weighted by Gasteiger charge is -2.18. The second-order valence-corrected chi connectivity index (χ2v) is 8.25. The second kappa shape index (κ2) is 9.73. The minimum absolute atomic E-state index is 0.555. The van der Waals surface area contributed by atoms with E-state index in [0.29, 0.717) is 12.5 Å². The van der Waals surface area contributed by atoms with Crippen molar-refractivity contribution in [3.05, 3.63) is 108 Å². The maximum Gasteiger partial charge on any atom is 0.0178 e. The van der Waals surface area contributed by atoms with Crippen LogP contribution in [-0.4, -0.2) is 0 Å². The van der Waals surface area contributed by atoms with Crippen molar-refractivity contribution >= 4 is 10.8 Å². The summed E-state index contributed by atoms with van der Waals surface area (Å²) in [7, 11) is 0. The first-order chi connectivity index (χ1) is 14.8. The van der Waals surface area contributed by atoms with Gasteiger partial charge in [0.15, 0.2) is 0 Å². The zero-order chi connectivity index (χ0) is 20.8. The summed E-state index contributed by atoms with van der Waals surface area (Å²) in [4.78, 5) is 0. The monoisotopic (exact) mass is 393 g/mol. The van der Waals surface area contributed by atoms with Crippen molar-refractivity contribution in [2.45, 2.75) is 45.1 Å². The van der Waals surface area contributed by atoms with Crippen LogP contribution in [0.25, 0.3) is 21.9 Å². The summed E-state index contributed by atoms with van der Waals surface area (Å²) in [5, 5.41) is 2.65. The van der Waals surface area contributed by atoms with E-state index in [1.807, 2.05) is 0 Å². The van der Waals surface area contributed by atoms with Gasteiger partial charge in [0.05, 0.1) is 0 Å². The van der Waals surface area contributed by atoms with Gasteiger partial charge in [-0.25, -0.2) is 0 Å². The summed E-state index contributed by atoms with van der Waals surface area (Å²) in [6.07, 6.45) is 4.82. The van der Waals surface area contributed by atoms with E-state index in [4.69, 9.17) is 5.73 Å². The topological polar surface area (TPSA) is 26.0 Å². The van der Waals surface area contributed by atoms with Crippen molar-refractivity contribution in [2.24, 2.45) is 5.73 Å². The van der Waals surface area contributed by atoms with E-state index < -0.39 is 0 Å². The average Bonchev–Trinajstić information content (AvgIpc) is 2.82. The van der Waals surface area contributed by atoms with Crippen LogP contribution in [0.1, 0.15) is 48.8 Å². The van der Waals surface area contributed by atoms with Gasteiger partial charge in [0, 0.05) is 6.54 Å². The van der Waals surface area contributed by atoms with Crippen LogP contribution in [-0.2, 0) is 13.0 Å². The highest BCUT2D eigenvalue weighted by molar-refractivity contribution is 5.83. The molecule has 4 aromatic carbocycles. The Morgan fingerprint density at radius 1 is 0.700 bits per heavy atom. The van der Waals surface area contributed by atoms with E-state index in [1.54, 1.807) is 0 Å². The number of hydrogen-bond donors (Lipinski definition) is 1. The minimum Gasteiger partial charge on any atom is -0.326 e. The van der Waals surface area contributed by atoms with Crippen LogP contribution in [0.3, 0.4) is 0 Å². The molecule has 0 radical (unpaired) electrons. The molecule has 30 heavy (non-hydrogen) atoms. The van der Waals surface area contributed by atoms with Gasteiger partial charge in [-0.05, 0) is 57.3 Å². The number of hydrogen-bond acceptors (Lipinski definition) is 1. The maximum absolute atomic E-state index is 5.73. The minimum atomic E-state index is 0.555. The molecule has 0 aliphatic carbocycles. The highest BCUT2D eigenvalue weighted by Gasteiger charge is 2.13. The molecule has 152 valence electrons. The Morgan fingerprint density at radius 2 is 1.33 bits per heavy atom. The molecule has 4 rings (SSSR count). The molecular weight excluding hydrogens is 362 g/mol. The summed E-state index contributed by atoms with van der Waals surface area (Å²) in [6, 6.07) is 33.3. The molecule has 2 N–H and O–H groups in total. The van der Waals surface area contributed by atoms with Gasteiger partial charge >= 0.3 is 0 Å². The van der Waals surface area contributed by atoms with Crippen molar-refractivity contribution in [1.29, 1.82) is 0 Å². The highest BCUT2D eigenvalue weighted by atomic mass is 14.5. The number of nitrogens with two attached hydrogens (primary N) is 1. The molecule has 1 unspecified atom stereocenters. The first-order valence-corrected chi connectivity index (χ1v) is 11.1. The number of rotatable bonds is 8. The fraction of sp³-hybridized carbons (Fsp3) is 0.241. The third kappa shape index (κ3) is 4.80. The van der Waals surface area contributed by atoms with E-state index in [1.165, 1.54) is 57.9 Å². The van der Waals surface area contributed by atoms with Crippen molar-refractivity contribution in [1.82, 2.24) is 0 Å². The molecule has 0 saturated carbocycles. The Labute approximate surface area is 180 Å². The molecule has 0 aliphatic rings. The third-order valence-electron chi connectivity index (χ3n) is 6.11. The van der Waals surface area contributed by atoms with Crippen molar-refractivity contribution in [2.75, 3.05) is 0 Å². The number of unbranched alkanes of at least 4 members (excludes halogenated alkanes) is 1. The summed E-state index contributed by atoms with van der Waals surface area (Å²) >= 11 is 0. The molecule has 0 saturated heterocycles. The number of benzene rings is 4. The summed E-state index contributed by atoms with van der Waals surface area (Å²) in [5.74, 6) is 0.555. The Morgan fingerprint density at radius 3 is 2.00 bits per heavy atom. The van der Waals surface area contributed by atoms with Crippen LogP contribution >= 0.6 is 0 Å². The molecule has 1 nitrogen and oxygen atoms in total. The second-order valence-electron chi connectivity index (χ2n) is 8.25. The van der Waals surface area contributed by atoms with Gasteiger partial charge in [-0.1, -0.05) is 111 Å². The fourth-order valence-corrected chi connectivity index (χ4v) is 4.27. The first-order valence-electron chi connectivity index (χ1n) is 11.1. The van der Waals surface area contributed by atoms with E-state index in [2.05, 4.69) is 97.9 Å². The maximum atomic E-state index is 5.73. The normalized spacial score (nSPS) is 12.2. The van der Waals surface area contributed by atoms with Crippen molar-refractivity contribution < 1.29 is 0 Å². The highest BCUT2D eigenvalue weighted by Crippen LogP contribution is 2.30. The SMILES string of the molecule is CCCCC(Cc1ccc2ccccc2c1)c1ccc(-c2ccc(CN)cc2)cc1.